The van der Waals surface area contributed by atoms with Gasteiger partial charge < -0.3 is 9.80 Å². The highest BCUT2D eigenvalue weighted by atomic mass is 19.2. The normalized spacial score (nSPS) is 17.2. The zero-order chi connectivity index (χ0) is 12.4. The molecule has 1 amide bonds. The molecular weight excluding hydrogens is 226 g/mol. The number of hydrogen-bond donors (Lipinski definition) is 0. The number of carbonyl (C=O) groups is 1. The first-order chi connectivity index (χ1) is 8.08. The van der Waals surface area contributed by atoms with Crippen molar-refractivity contribution in [2.45, 2.75) is 0 Å². The first-order valence-electron chi connectivity index (χ1n) is 5.51. The molecule has 17 heavy (non-hydrogen) atoms. The second-order valence-corrected chi connectivity index (χ2v) is 4.22. The predicted octanol–water partition coefficient (Wildman–Crippen LogP) is 1.35. The van der Waals surface area contributed by atoms with Crippen molar-refractivity contribution in [3.63, 3.8) is 0 Å². The van der Waals surface area contributed by atoms with Crippen LogP contribution in [-0.4, -0.2) is 48.9 Å². The first kappa shape index (κ1) is 12.0. The van der Waals surface area contributed by atoms with E-state index in [1.165, 1.54) is 6.07 Å². The first-order valence-corrected chi connectivity index (χ1v) is 5.51. The van der Waals surface area contributed by atoms with Crippen molar-refractivity contribution in [2.24, 2.45) is 0 Å². The fourth-order valence-corrected chi connectivity index (χ4v) is 1.82. The number of benzene rings is 1. The number of likely N-dealkylation sites (N-methyl/N-ethyl adjacent to an activating group) is 1. The molecule has 0 bridgehead atoms. The molecule has 1 heterocycles. The van der Waals surface area contributed by atoms with Crippen LogP contribution in [0.5, 0.6) is 0 Å². The third kappa shape index (κ3) is 2.61. The van der Waals surface area contributed by atoms with Gasteiger partial charge >= 0.3 is 0 Å². The Bertz CT molecular complexity index is 429. The van der Waals surface area contributed by atoms with E-state index < -0.39 is 11.6 Å². The van der Waals surface area contributed by atoms with Gasteiger partial charge in [-0.15, -0.1) is 0 Å². The largest absolute Gasteiger partial charge is 0.336 e. The van der Waals surface area contributed by atoms with Crippen molar-refractivity contribution in [1.29, 1.82) is 0 Å². The summed E-state index contributed by atoms with van der Waals surface area (Å²) in [7, 11) is 1.99. The molecule has 0 atom stereocenters. The van der Waals surface area contributed by atoms with Crippen LogP contribution in [-0.2, 0) is 0 Å². The number of carbonyl (C=O) groups excluding carboxylic acids is 1. The topological polar surface area (TPSA) is 23.6 Å². The van der Waals surface area contributed by atoms with Crippen LogP contribution in [0.1, 0.15) is 10.4 Å². The third-order valence-corrected chi connectivity index (χ3v) is 2.96. The van der Waals surface area contributed by atoms with Gasteiger partial charge in [0.1, 0.15) is 0 Å². The van der Waals surface area contributed by atoms with E-state index in [2.05, 4.69) is 4.90 Å². The van der Waals surface area contributed by atoms with Crippen LogP contribution in [0.25, 0.3) is 0 Å². The highest BCUT2D eigenvalue weighted by Crippen LogP contribution is 2.12. The van der Waals surface area contributed by atoms with E-state index in [4.69, 9.17) is 0 Å². The second kappa shape index (κ2) is 4.79. The van der Waals surface area contributed by atoms with Crippen molar-refractivity contribution < 1.29 is 13.6 Å². The number of piperazine rings is 1. The number of rotatable bonds is 1. The van der Waals surface area contributed by atoms with Gasteiger partial charge in [-0.05, 0) is 25.2 Å². The molecule has 1 aromatic carbocycles. The van der Waals surface area contributed by atoms with Crippen molar-refractivity contribution in [3.05, 3.63) is 35.4 Å². The minimum Gasteiger partial charge on any atom is -0.336 e. The Labute approximate surface area is 98.6 Å². The summed E-state index contributed by atoms with van der Waals surface area (Å²) in [6.07, 6.45) is 0. The summed E-state index contributed by atoms with van der Waals surface area (Å²) in [5, 5.41) is 0. The molecule has 1 aromatic rings. The van der Waals surface area contributed by atoms with Crippen LogP contribution in [0, 0.1) is 11.6 Å². The Morgan fingerprint density at radius 3 is 2.35 bits per heavy atom. The molecule has 5 heteroatoms. The maximum absolute atomic E-state index is 13.0. The fraction of sp³-hybridized carbons (Fsp3) is 0.417. The molecule has 0 unspecified atom stereocenters. The Balaban J connectivity index is 2.11. The van der Waals surface area contributed by atoms with Crippen LogP contribution in [0.4, 0.5) is 8.78 Å². The minimum absolute atomic E-state index is 0.202. The van der Waals surface area contributed by atoms with Gasteiger partial charge in [-0.3, -0.25) is 4.79 Å². The average molecular weight is 240 g/mol. The summed E-state index contributed by atoms with van der Waals surface area (Å²) in [6.45, 7) is 2.84. The molecule has 1 fully saturated rings. The smallest absolute Gasteiger partial charge is 0.254 e. The van der Waals surface area contributed by atoms with E-state index in [0.29, 0.717) is 13.1 Å². The zero-order valence-corrected chi connectivity index (χ0v) is 9.62. The lowest BCUT2D eigenvalue weighted by Crippen LogP contribution is -2.47. The van der Waals surface area contributed by atoms with E-state index in [1.807, 2.05) is 7.05 Å². The molecule has 1 aliphatic rings. The van der Waals surface area contributed by atoms with Gasteiger partial charge in [0.05, 0.1) is 0 Å². The summed E-state index contributed by atoms with van der Waals surface area (Å²) in [4.78, 5) is 15.8. The molecule has 92 valence electrons. The zero-order valence-electron chi connectivity index (χ0n) is 9.62. The van der Waals surface area contributed by atoms with E-state index in [-0.39, 0.29) is 11.5 Å². The molecule has 1 aliphatic heterocycles. The Morgan fingerprint density at radius 1 is 1.12 bits per heavy atom. The quantitative estimate of drug-likeness (QED) is 0.740. The van der Waals surface area contributed by atoms with Gasteiger partial charge in [-0.2, -0.15) is 0 Å². The number of nitrogens with zero attached hydrogens (tertiary/aromatic N) is 2. The Kier molecular flexibility index (Phi) is 3.38. The highest BCUT2D eigenvalue weighted by Gasteiger charge is 2.21. The predicted molar refractivity (Wildman–Crippen MR) is 59.8 cm³/mol. The van der Waals surface area contributed by atoms with Crippen LogP contribution >= 0.6 is 0 Å². The third-order valence-electron chi connectivity index (χ3n) is 2.96. The molecule has 0 saturated carbocycles. The molecule has 0 aromatic heterocycles. The molecule has 0 spiro atoms. The van der Waals surface area contributed by atoms with Crippen molar-refractivity contribution in [1.82, 2.24) is 9.80 Å². The summed E-state index contributed by atoms with van der Waals surface area (Å²) in [5.41, 5.74) is 0.202. The molecular formula is C12H14F2N2O. The van der Waals surface area contributed by atoms with E-state index in [9.17, 15) is 13.6 Å². The van der Waals surface area contributed by atoms with Gasteiger partial charge in [-0.1, -0.05) is 0 Å². The van der Waals surface area contributed by atoms with Crippen molar-refractivity contribution in [2.75, 3.05) is 33.2 Å². The molecule has 0 aliphatic carbocycles. The lowest BCUT2D eigenvalue weighted by Gasteiger charge is -2.32. The Hall–Kier alpha value is -1.49. The molecule has 0 radical (unpaired) electrons. The molecule has 1 saturated heterocycles. The van der Waals surface area contributed by atoms with Gasteiger partial charge in [0.2, 0.25) is 0 Å². The van der Waals surface area contributed by atoms with Gasteiger partial charge in [0.25, 0.3) is 5.91 Å². The van der Waals surface area contributed by atoms with E-state index in [0.717, 1.165) is 25.2 Å². The average Bonchev–Trinajstić information content (AvgIpc) is 2.33. The van der Waals surface area contributed by atoms with Crippen LogP contribution in [0.15, 0.2) is 18.2 Å². The summed E-state index contributed by atoms with van der Waals surface area (Å²) in [5.74, 6) is -2.15. The maximum atomic E-state index is 13.0. The second-order valence-electron chi connectivity index (χ2n) is 4.22. The molecule has 0 N–H and O–H groups in total. The Morgan fingerprint density at radius 2 is 1.76 bits per heavy atom. The number of halogens is 2. The lowest BCUT2D eigenvalue weighted by molar-refractivity contribution is 0.0663. The van der Waals surface area contributed by atoms with Crippen molar-refractivity contribution >= 4 is 5.91 Å². The minimum atomic E-state index is -0.982. The molecule has 2 rings (SSSR count). The summed E-state index contributed by atoms with van der Waals surface area (Å²) >= 11 is 0. The summed E-state index contributed by atoms with van der Waals surface area (Å²) in [6, 6.07) is 3.26. The summed E-state index contributed by atoms with van der Waals surface area (Å²) < 4.78 is 25.8. The number of hydrogen-bond acceptors (Lipinski definition) is 2. The monoisotopic (exact) mass is 240 g/mol. The van der Waals surface area contributed by atoms with Crippen LogP contribution in [0.2, 0.25) is 0 Å². The highest BCUT2D eigenvalue weighted by molar-refractivity contribution is 5.94. The van der Waals surface area contributed by atoms with Gasteiger partial charge in [-0.25, -0.2) is 8.78 Å². The van der Waals surface area contributed by atoms with E-state index in [1.54, 1.807) is 4.90 Å². The standard InChI is InChI=1S/C12H14F2N2O/c1-15-4-6-16(7-5-15)12(17)9-2-3-10(13)11(14)8-9/h2-3,8H,4-7H2,1H3. The van der Waals surface area contributed by atoms with Crippen LogP contribution < -0.4 is 0 Å². The SMILES string of the molecule is CN1CCN(C(=O)c2ccc(F)c(F)c2)CC1. The van der Waals surface area contributed by atoms with Gasteiger partial charge in [0, 0.05) is 31.7 Å². The van der Waals surface area contributed by atoms with Crippen molar-refractivity contribution in [3.8, 4) is 0 Å². The molecule has 3 nitrogen and oxygen atoms in total. The van der Waals surface area contributed by atoms with Gasteiger partial charge in [0.15, 0.2) is 11.6 Å². The van der Waals surface area contributed by atoms with E-state index >= 15 is 0 Å². The maximum Gasteiger partial charge on any atom is 0.254 e. The number of amides is 1. The fourth-order valence-electron chi connectivity index (χ4n) is 1.82. The van der Waals surface area contributed by atoms with Crippen LogP contribution in [0.3, 0.4) is 0 Å². The lowest BCUT2D eigenvalue weighted by atomic mass is 10.1.